The molecular weight excluding hydrogens is 344 g/mol. The van der Waals surface area contributed by atoms with Gasteiger partial charge in [0.1, 0.15) is 5.75 Å². The average molecular weight is 372 g/mol. The molecular formula is C21H28N2O4. The van der Waals surface area contributed by atoms with E-state index in [2.05, 4.69) is 17.1 Å². The number of carbonyl (C=O) groups is 1. The van der Waals surface area contributed by atoms with Crippen LogP contribution in [-0.2, 0) is 6.54 Å². The van der Waals surface area contributed by atoms with Crippen LogP contribution in [0.5, 0.6) is 5.75 Å². The van der Waals surface area contributed by atoms with Crippen LogP contribution in [0.3, 0.4) is 0 Å². The molecule has 0 aliphatic heterocycles. The molecule has 3 N–H and O–H groups in total. The number of hydrogen-bond acceptors (Lipinski definition) is 4. The lowest BCUT2D eigenvalue weighted by Crippen LogP contribution is -2.28. The highest BCUT2D eigenvalue weighted by atomic mass is 16.5. The first-order valence-corrected chi connectivity index (χ1v) is 9.25. The highest BCUT2D eigenvalue weighted by molar-refractivity contribution is 5.71. The van der Waals surface area contributed by atoms with Gasteiger partial charge in [0.15, 0.2) is 0 Å². The summed E-state index contributed by atoms with van der Waals surface area (Å²) in [5.41, 5.74) is 2.89. The van der Waals surface area contributed by atoms with Gasteiger partial charge in [-0.25, -0.2) is 4.79 Å². The lowest BCUT2D eigenvalue weighted by molar-refractivity contribution is 0.189. The number of amides is 1. The third-order valence-electron chi connectivity index (χ3n) is 4.31. The summed E-state index contributed by atoms with van der Waals surface area (Å²) in [6.45, 7) is 5.44. The Kier molecular flexibility index (Phi) is 8.61. The van der Waals surface area contributed by atoms with Gasteiger partial charge in [0.2, 0.25) is 0 Å². The predicted octanol–water partition coefficient (Wildman–Crippen LogP) is 3.20. The van der Waals surface area contributed by atoms with E-state index >= 15 is 0 Å². The Hall–Kier alpha value is -2.57. The minimum atomic E-state index is -1.05. The number of likely N-dealkylation sites (N-methyl/N-ethyl adjacent to an activating group) is 1. The molecule has 1 amide bonds. The highest BCUT2D eigenvalue weighted by Gasteiger charge is 2.09. The van der Waals surface area contributed by atoms with Crippen LogP contribution < -0.4 is 10.1 Å². The molecule has 2 rings (SSSR count). The summed E-state index contributed by atoms with van der Waals surface area (Å²) in [7, 11) is 0. The summed E-state index contributed by atoms with van der Waals surface area (Å²) in [6, 6.07) is 15.7. The van der Waals surface area contributed by atoms with Crippen molar-refractivity contribution in [3.63, 3.8) is 0 Å². The van der Waals surface area contributed by atoms with Gasteiger partial charge in [-0.3, -0.25) is 0 Å². The molecule has 0 bridgehead atoms. The number of rotatable bonds is 11. The van der Waals surface area contributed by atoms with Crippen LogP contribution in [0, 0.1) is 0 Å². The summed E-state index contributed by atoms with van der Waals surface area (Å²) < 4.78 is 6.05. The molecule has 6 heteroatoms. The highest BCUT2D eigenvalue weighted by Crippen LogP contribution is 2.31. The molecule has 2 aromatic rings. The minimum absolute atomic E-state index is 0.158. The van der Waals surface area contributed by atoms with Crippen molar-refractivity contribution in [2.45, 2.75) is 19.9 Å². The Balaban J connectivity index is 2.07. The number of hydrogen-bond donors (Lipinski definition) is 3. The minimum Gasteiger partial charge on any atom is -0.493 e. The van der Waals surface area contributed by atoms with Gasteiger partial charge in [-0.2, -0.15) is 0 Å². The Labute approximate surface area is 160 Å². The fraction of sp³-hybridized carbons (Fsp3) is 0.381. The van der Waals surface area contributed by atoms with E-state index in [9.17, 15) is 4.79 Å². The molecule has 0 fully saturated rings. The van der Waals surface area contributed by atoms with Crippen LogP contribution in [0.1, 0.15) is 18.9 Å². The van der Waals surface area contributed by atoms with Crippen molar-refractivity contribution in [2.75, 3.05) is 32.8 Å². The summed E-state index contributed by atoms with van der Waals surface area (Å²) in [5.74, 6) is 0.746. The monoisotopic (exact) mass is 372 g/mol. The third kappa shape index (κ3) is 6.92. The van der Waals surface area contributed by atoms with Gasteiger partial charge in [0.25, 0.3) is 0 Å². The van der Waals surface area contributed by atoms with E-state index in [-0.39, 0.29) is 13.2 Å². The Morgan fingerprint density at radius 1 is 1.15 bits per heavy atom. The maximum absolute atomic E-state index is 10.7. The van der Waals surface area contributed by atoms with E-state index < -0.39 is 6.09 Å². The molecule has 0 aliphatic carbocycles. The molecule has 2 aromatic carbocycles. The fourth-order valence-electron chi connectivity index (χ4n) is 2.87. The maximum Gasteiger partial charge on any atom is 0.404 e. The van der Waals surface area contributed by atoms with E-state index in [0.29, 0.717) is 13.2 Å². The second-order valence-electron chi connectivity index (χ2n) is 6.22. The molecule has 146 valence electrons. The first-order valence-electron chi connectivity index (χ1n) is 9.25. The molecule has 0 saturated carbocycles. The molecule has 0 unspecified atom stereocenters. The number of aliphatic hydroxyl groups is 1. The van der Waals surface area contributed by atoms with Gasteiger partial charge >= 0.3 is 6.09 Å². The first-order chi connectivity index (χ1) is 13.1. The van der Waals surface area contributed by atoms with Crippen molar-refractivity contribution < 1.29 is 19.7 Å². The zero-order chi connectivity index (χ0) is 19.5. The van der Waals surface area contributed by atoms with Crippen molar-refractivity contribution in [3.05, 3.63) is 54.1 Å². The van der Waals surface area contributed by atoms with Crippen LogP contribution in [0.4, 0.5) is 4.79 Å². The van der Waals surface area contributed by atoms with E-state index in [1.165, 1.54) is 0 Å². The summed E-state index contributed by atoms with van der Waals surface area (Å²) in [5, 5.41) is 20.3. The number of nitrogens with one attached hydrogen (secondary N) is 1. The Bertz CT molecular complexity index is 707. The first kappa shape index (κ1) is 20.7. The van der Waals surface area contributed by atoms with E-state index in [0.717, 1.165) is 42.0 Å². The number of benzene rings is 2. The van der Waals surface area contributed by atoms with Crippen molar-refractivity contribution in [3.8, 4) is 16.9 Å². The van der Waals surface area contributed by atoms with Gasteiger partial charge < -0.3 is 25.2 Å². The molecule has 0 spiro atoms. The van der Waals surface area contributed by atoms with Crippen molar-refractivity contribution in [2.24, 2.45) is 0 Å². The molecule has 0 radical (unpaired) electrons. The van der Waals surface area contributed by atoms with Crippen LogP contribution in [0.25, 0.3) is 11.1 Å². The third-order valence-corrected chi connectivity index (χ3v) is 4.31. The molecule has 0 saturated heterocycles. The molecule has 0 aliphatic rings. The van der Waals surface area contributed by atoms with Crippen molar-refractivity contribution in [1.82, 2.24) is 10.2 Å². The van der Waals surface area contributed by atoms with Crippen molar-refractivity contribution >= 4 is 6.09 Å². The zero-order valence-corrected chi connectivity index (χ0v) is 15.7. The summed E-state index contributed by atoms with van der Waals surface area (Å²) >= 11 is 0. The van der Waals surface area contributed by atoms with Crippen molar-refractivity contribution in [1.29, 1.82) is 0 Å². The van der Waals surface area contributed by atoms with Crippen LogP contribution in [0.15, 0.2) is 48.5 Å². The van der Waals surface area contributed by atoms with Crippen LogP contribution in [-0.4, -0.2) is 54.1 Å². The van der Waals surface area contributed by atoms with E-state index in [1.807, 2.05) is 48.5 Å². The van der Waals surface area contributed by atoms with Crippen LogP contribution >= 0.6 is 0 Å². The quantitative estimate of drug-likeness (QED) is 0.528. The summed E-state index contributed by atoms with van der Waals surface area (Å²) in [4.78, 5) is 12.9. The lowest BCUT2D eigenvalue weighted by Gasteiger charge is -2.19. The van der Waals surface area contributed by atoms with Gasteiger partial charge in [0.05, 0.1) is 13.2 Å². The van der Waals surface area contributed by atoms with E-state index in [4.69, 9.17) is 14.9 Å². The molecule has 0 atom stereocenters. The van der Waals surface area contributed by atoms with Crippen LogP contribution in [0.2, 0.25) is 0 Å². The maximum atomic E-state index is 10.7. The number of carboxylic acid groups (broad SMARTS) is 1. The topological polar surface area (TPSA) is 82.0 Å². The molecule has 6 nitrogen and oxygen atoms in total. The Morgan fingerprint density at radius 3 is 2.59 bits per heavy atom. The molecule has 0 heterocycles. The molecule has 0 aromatic heterocycles. The van der Waals surface area contributed by atoms with Gasteiger partial charge in [-0.15, -0.1) is 0 Å². The van der Waals surface area contributed by atoms with E-state index in [1.54, 1.807) is 0 Å². The second kappa shape index (κ2) is 11.2. The average Bonchev–Trinajstić information content (AvgIpc) is 2.69. The summed E-state index contributed by atoms with van der Waals surface area (Å²) in [6.07, 6.45) is -0.201. The zero-order valence-electron chi connectivity index (χ0n) is 15.7. The number of nitrogens with zero attached hydrogens (tertiary/aromatic N) is 1. The van der Waals surface area contributed by atoms with Gasteiger partial charge in [-0.05, 0) is 30.2 Å². The number of aliphatic hydroxyl groups excluding tert-OH is 1. The lowest BCUT2D eigenvalue weighted by atomic mass is 10.0. The Morgan fingerprint density at radius 2 is 1.93 bits per heavy atom. The smallest absolute Gasteiger partial charge is 0.404 e. The predicted molar refractivity (Wildman–Crippen MR) is 106 cm³/mol. The fourth-order valence-corrected chi connectivity index (χ4v) is 2.87. The largest absolute Gasteiger partial charge is 0.493 e. The van der Waals surface area contributed by atoms with Gasteiger partial charge in [0, 0.05) is 25.2 Å². The normalized spacial score (nSPS) is 10.8. The standard InChI is InChI=1S/C21H28N2O4/c1-2-23(12-13-24)11-6-14-27-20-15-17(16-22-21(25)26)9-10-19(20)18-7-4-3-5-8-18/h3-5,7-10,15,22,24H,2,6,11-14,16H2,1H3,(H,25,26). The SMILES string of the molecule is CCN(CCO)CCCOc1cc(CNC(=O)O)ccc1-c1ccccc1. The molecule has 27 heavy (non-hydrogen) atoms. The van der Waals surface area contributed by atoms with Gasteiger partial charge in [-0.1, -0.05) is 49.4 Å². The second-order valence-corrected chi connectivity index (χ2v) is 6.22. The number of ether oxygens (including phenoxy) is 1.